The molecule has 4 nitrogen and oxygen atoms in total. The van der Waals surface area contributed by atoms with Gasteiger partial charge in [0.2, 0.25) is 5.91 Å². The predicted octanol–water partition coefficient (Wildman–Crippen LogP) is 4.64. The molecule has 0 unspecified atom stereocenters. The van der Waals surface area contributed by atoms with Crippen LogP contribution < -0.4 is 0 Å². The molecule has 2 aromatic carbocycles. The number of hydrogen-bond donors (Lipinski definition) is 0. The molecule has 148 valence electrons. The third-order valence-electron chi connectivity index (χ3n) is 6.67. The predicted molar refractivity (Wildman–Crippen MR) is 109 cm³/mol. The average molecular weight is 398 g/mol. The summed E-state index contributed by atoms with van der Waals surface area (Å²) < 4.78 is 28.4. The number of rotatable bonds is 5. The van der Waals surface area contributed by atoms with Crippen LogP contribution in [0.2, 0.25) is 0 Å². The van der Waals surface area contributed by atoms with Gasteiger partial charge >= 0.3 is 0 Å². The van der Waals surface area contributed by atoms with Crippen molar-refractivity contribution < 1.29 is 13.2 Å². The fraction of sp³-hybridized carbons (Fsp3) is 0.435. The number of hydrogen-bond acceptors (Lipinski definition) is 3. The van der Waals surface area contributed by atoms with Crippen LogP contribution in [0.4, 0.5) is 0 Å². The molecular formula is C23H27NO3S. The Morgan fingerprint density at radius 2 is 1.79 bits per heavy atom. The summed E-state index contributed by atoms with van der Waals surface area (Å²) in [6, 6.07) is 14.4. The molecule has 28 heavy (non-hydrogen) atoms. The largest absolute Gasteiger partial charge is 0.273 e. The minimum atomic E-state index is -3.91. The van der Waals surface area contributed by atoms with E-state index in [2.05, 4.69) is 13.0 Å². The molecule has 0 radical (unpaired) electrons. The van der Waals surface area contributed by atoms with Gasteiger partial charge in [0, 0.05) is 11.3 Å². The molecule has 1 aliphatic carbocycles. The van der Waals surface area contributed by atoms with E-state index in [4.69, 9.17) is 0 Å². The lowest BCUT2D eigenvalue weighted by molar-refractivity contribution is -0.127. The van der Waals surface area contributed by atoms with Gasteiger partial charge in [-0.1, -0.05) is 68.7 Å². The molecule has 2 aromatic rings. The van der Waals surface area contributed by atoms with Gasteiger partial charge in [0.25, 0.3) is 10.0 Å². The molecule has 1 aliphatic heterocycles. The zero-order valence-corrected chi connectivity index (χ0v) is 17.5. The number of amides is 1. The highest BCUT2D eigenvalue weighted by Crippen LogP contribution is 2.62. The average Bonchev–Trinajstić information content (AvgIpc) is 3.11. The fourth-order valence-electron chi connectivity index (χ4n) is 5.07. The number of nitrogens with zero attached hydrogens (tertiary/aromatic N) is 1. The van der Waals surface area contributed by atoms with Crippen LogP contribution in [-0.2, 0) is 21.2 Å². The second-order valence-electron chi connectivity index (χ2n) is 8.29. The number of benzene rings is 2. The van der Waals surface area contributed by atoms with Crippen molar-refractivity contribution in [1.29, 1.82) is 0 Å². The van der Waals surface area contributed by atoms with E-state index in [1.165, 1.54) is 9.87 Å². The van der Waals surface area contributed by atoms with Crippen LogP contribution >= 0.6 is 0 Å². The summed E-state index contributed by atoms with van der Waals surface area (Å²) in [5, 5.41) is 0. The molecule has 2 aliphatic rings. The fourth-order valence-corrected chi connectivity index (χ4v) is 6.77. The molecule has 3 atom stereocenters. The van der Waals surface area contributed by atoms with Crippen LogP contribution in [0.15, 0.2) is 53.4 Å². The lowest BCUT2D eigenvalue weighted by Crippen LogP contribution is -2.36. The molecule has 1 heterocycles. The molecule has 0 aromatic heterocycles. The first-order chi connectivity index (χ1) is 13.3. The smallest absolute Gasteiger partial charge is 0.267 e. The Labute approximate surface area is 167 Å². The zero-order valence-electron chi connectivity index (χ0n) is 16.7. The monoisotopic (exact) mass is 397 g/mol. The second-order valence-corrected chi connectivity index (χ2v) is 10.1. The Kier molecular flexibility index (Phi) is 4.61. The van der Waals surface area contributed by atoms with Crippen molar-refractivity contribution in [3.05, 3.63) is 65.2 Å². The van der Waals surface area contributed by atoms with Crippen LogP contribution in [0.5, 0.6) is 0 Å². The highest BCUT2D eigenvalue weighted by Gasteiger charge is 2.63. The Bertz CT molecular complexity index is 1010. The molecular weight excluding hydrogens is 370 g/mol. The van der Waals surface area contributed by atoms with Crippen LogP contribution in [0.1, 0.15) is 55.8 Å². The van der Waals surface area contributed by atoms with E-state index in [9.17, 15) is 13.2 Å². The number of carbonyl (C=O) groups is 1. The number of sulfonamides is 1. The van der Waals surface area contributed by atoms with E-state index in [0.717, 1.165) is 36.8 Å². The normalized spacial score (nSPS) is 26.4. The summed E-state index contributed by atoms with van der Waals surface area (Å²) in [4.78, 5) is 13.5. The van der Waals surface area contributed by atoms with Gasteiger partial charge in [-0.2, -0.15) is 0 Å². The van der Waals surface area contributed by atoms with E-state index < -0.39 is 16.1 Å². The summed E-state index contributed by atoms with van der Waals surface area (Å²) in [6.07, 6.45) is 3.63. The molecule has 1 saturated heterocycles. The summed E-state index contributed by atoms with van der Waals surface area (Å²) >= 11 is 0. The van der Waals surface area contributed by atoms with E-state index in [1.807, 2.05) is 32.0 Å². The van der Waals surface area contributed by atoms with Gasteiger partial charge in [-0.25, -0.2) is 12.7 Å². The molecule has 5 heteroatoms. The quantitative estimate of drug-likeness (QED) is 0.739. The Morgan fingerprint density at radius 1 is 1.11 bits per heavy atom. The Hall–Kier alpha value is -2.14. The molecule has 1 fully saturated rings. The standard InChI is InChI=1S/C23H27NO3S/c1-4-5-14-23-15-18-8-6-7-9-20(18)21(23)24(22(25)17(23)3)28(26,27)19-12-10-16(2)11-13-19/h6-13,17,21H,4-5,14-15H2,1-3H3/t17-,21-,23-/m0/s1. The van der Waals surface area contributed by atoms with Gasteiger partial charge in [0.15, 0.2) is 0 Å². The zero-order chi connectivity index (χ0) is 20.1. The summed E-state index contributed by atoms with van der Waals surface area (Å²) in [7, 11) is -3.91. The van der Waals surface area contributed by atoms with Crippen LogP contribution in [0.25, 0.3) is 0 Å². The minimum absolute atomic E-state index is 0.189. The van der Waals surface area contributed by atoms with Crippen molar-refractivity contribution >= 4 is 15.9 Å². The number of aryl methyl sites for hydroxylation is 1. The minimum Gasteiger partial charge on any atom is -0.273 e. The van der Waals surface area contributed by atoms with Gasteiger partial charge in [-0.15, -0.1) is 0 Å². The molecule has 0 spiro atoms. The third-order valence-corrected chi connectivity index (χ3v) is 8.45. The van der Waals surface area contributed by atoms with Gasteiger partial charge in [-0.05, 0) is 43.0 Å². The highest BCUT2D eigenvalue weighted by molar-refractivity contribution is 7.89. The van der Waals surface area contributed by atoms with Crippen molar-refractivity contribution in [3.63, 3.8) is 0 Å². The van der Waals surface area contributed by atoms with Crippen LogP contribution in [0, 0.1) is 18.3 Å². The second kappa shape index (κ2) is 6.73. The van der Waals surface area contributed by atoms with Gasteiger partial charge < -0.3 is 0 Å². The molecule has 0 saturated carbocycles. The SMILES string of the molecule is CCCC[C@@]12Cc3ccccc3[C@@H]1N(S(=O)(=O)c1ccc(C)cc1)C(=O)[C@@H]2C. The Balaban J connectivity index is 1.88. The molecule has 0 N–H and O–H groups in total. The first-order valence-electron chi connectivity index (χ1n) is 10.1. The van der Waals surface area contributed by atoms with Crippen molar-refractivity contribution in [2.45, 2.75) is 57.4 Å². The lowest BCUT2D eigenvalue weighted by Gasteiger charge is -2.34. The highest BCUT2D eigenvalue weighted by atomic mass is 32.2. The van der Waals surface area contributed by atoms with Crippen molar-refractivity contribution in [3.8, 4) is 0 Å². The number of fused-ring (bicyclic) bond motifs is 3. The van der Waals surface area contributed by atoms with Crippen LogP contribution in [0.3, 0.4) is 0 Å². The maximum atomic E-state index is 13.6. The first kappa shape index (κ1) is 19.2. The van der Waals surface area contributed by atoms with Gasteiger partial charge in [-0.3, -0.25) is 4.79 Å². The van der Waals surface area contributed by atoms with Gasteiger partial charge in [0.05, 0.1) is 10.9 Å². The van der Waals surface area contributed by atoms with Gasteiger partial charge in [0.1, 0.15) is 0 Å². The maximum Gasteiger partial charge on any atom is 0.267 e. The van der Waals surface area contributed by atoms with E-state index >= 15 is 0 Å². The van der Waals surface area contributed by atoms with Crippen molar-refractivity contribution in [2.24, 2.45) is 11.3 Å². The van der Waals surface area contributed by atoms with E-state index in [0.29, 0.717) is 0 Å². The summed E-state index contributed by atoms with van der Waals surface area (Å²) in [5.41, 5.74) is 2.80. The van der Waals surface area contributed by atoms with E-state index in [1.54, 1.807) is 24.3 Å². The molecule has 0 bridgehead atoms. The van der Waals surface area contributed by atoms with Crippen LogP contribution in [-0.4, -0.2) is 18.6 Å². The summed E-state index contributed by atoms with van der Waals surface area (Å²) in [5.74, 6) is -0.590. The Morgan fingerprint density at radius 3 is 2.46 bits per heavy atom. The first-order valence-corrected chi connectivity index (χ1v) is 11.5. The topological polar surface area (TPSA) is 54.5 Å². The van der Waals surface area contributed by atoms with Crippen molar-refractivity contribution in [2.75, 3.05) is 0 Å². The molecule has 1 amide bonds. The van der Waals surface area contributed by atoms with E-state index in [-0.39, 0.29) is 22.1 Å². The lowest BCUT2D eigenvalue weighted by atomic mass is 9.70. The summed E-state index contributed by atoms with van der Waals surface area (Å²) in [6.45, 7) is 5.97. The third kappa shape index (κ3) is 2.63. The number of carbonyl (C=O) groups excluding carboxylic acids is 1. The maximum absolute atomic E-state index is 13.6. The molecule has 4 rings (SSSR count). The number of unbranched alkanes of at least 4 members (excludes halogenated alkanes) is 1. The van der Waals surface area contributed by atoms with Crippen molar-refractivity contribution in [1.82, 2.24) is 4.31 Å².